The van der Waals surface area contributed by atoms with E-state index < -0.39 is 0 Å². The normalized spacial score (nSPS) is 36.2. The van der Waals surface area contributed by atoms with Crippen LogP contribution in [0.25, 0.3) is 0 Å². The van der Waals surface area contributed by atoms with E-state index in [0.717, 1.165) is 11.8 Å². The van der Waals surface area contributed by atoms with Crippen LogP contribution in [0.3, 0.4) is 0 Å². The minimum atomic E-state index is 0.283. The molecule has 0 heterocycles. The Morgan fingerprint density at radius 1 is 1.27 bits per heavy atom. The smallest absolute Gasteiger partial charge is 0.0471 e. The molecule has 0 amide bonds. The molecule has 90 valence electrons. The van der Waals surface area contributed by atoms with Gasteiger partial charge in [-0.3, -0.25) is 0 Å². The highest BCUT2D eigenvalue weighted by Crippen LogP contribution is 2.28. The zero-order chi connectivity index (χ0) is 11.4. The second-order valence-corrected chi connectivity index (χ2v) is 5.62. The summed E-state index contributed by atoms with van der Waals surface area (Å²) < 4.78 is 0. The maximum Gasteiger partial charge on any atom is 0.0471 e. The molecule has 5 unspecified atom stereocenters. The van der Waals surface area contributed by atoms with Crippen LogP contribution in [-0.2, 0) is 0 Å². The average Bonchev–Trinajstić information content (AvgIpc) is 2.22. The summed E-state index contributed by atoms with van der Waals surface area (Å²) in [7, 11) is 0. The minimum Gasteiger partial charge on any atom is -0.396 e. The molecule has 5 atom stereocenters. The average molecular weight is 213 g/mol. The zero-order valence-electron chi connectivity index (χ0n) is 10.7. The fourth-order valence-electron chi connectivity index (χ4n) is 2.42. The molecule has 0 aliphatic heterocycles. The summed E-state index contributed by atoms with van der Waals surface area (Å²) in [6.07, 6.45) is 4.02. The number of aliphatic hydroxyl groups excluding tert-OH is 1. The van der Waals surface area contributed by atoms with E-state index in [1.54, 1.807) is 0 Å². The standard InChI is InChI=1S/C13H27NO/c1-9-5-6-10(2)13(7-9)14-12(4)11(3)8-15/h9-15H,5-8H2,1-4H3. The van der Waals surface area contributed by atoms with Gasteiger partial charge in [-0.2, -0.15) is 0 Å². The summed E-state index contributed by atoms with van der Waals surface area (Å²) in [6, 6.07) is 1.07. The SMILES string of the molecule is CC1CCC(C)C(NC(C)C(C)CO)C1. The zero-order valence-corrected chi connectivity index (χ0v) is 10.7. The molecule has 0 aromatic carbocycles. The molecular weight excluding hydrogens is 186 g/mol. The van der Waals surface area contributed by atoms with Gasteiger partial charge in [-0.15, -0.1) is 0 Å². The van der Waals surface area contributed by atoms with Crippen molar-refractivity contribution in [2.45, 2.75) is 59.0 Å². The first-order chi connectivity index (χ1) is 7.04. The van der Waals surface area contributed by atoms with Crippen molar-refractivity contribution in [1.82, 2.24) is 5.32 Å². The molecule has 2 heteroatoms. The van der Waals surface area contributed by atoms with Crippen LogP contribution in [-0.4, -0.2) is 23.8 Å². The third-order valence-electron chi connectivity index (χ3n) is 4.08. The summed E-state index contributed by atoms with van der Waals surface area (Å²) in [5, 5.41) is 12.8. The van der Waals surface area contributed by atoms with Gasteiger partial charge in [-0.25, -0.2) is 0 Å². The maximum atomic E-state index is 9.11. The second kappa shape index (κ2) is 5.86. The quantitative estimate of drug-likeness (QED) is 0.751. The molecule has 0 bridgehead atoms. The van der Waals surface area contributed by atoms with E-state index in [2.05, 4.69) is 33.0 Å². The van der Waals surface area contributed by atoms with Crippen LogP contribution in [0, 0.1) is 17.8 Å². The molecule has 0 aromatic rings. The van der Waals surface area contributed by atoms with Gasteiger partial charge in [0, 0.05) is 18.7 Å². The van der Waals surface area contributed by atoms with Crippen molar-refractivity contribution in [1.29, 1.82) is 0 Å². The molecule has 0 radical (unpaired) electrons. The summed E-state index contributed by atoms with van der Waals surface area (Å²) in [4.78, 5) is 0. The molecule has 1 aliphatic carbocycles. The van der Waals surface area contributed by atoms with Crippen molar-refractivity contribution in [3.63, 3.8) is 0 Å². The molecule has 2 nitrogen and oxygen atoms in total. The Bertz CT molecular complexity index is 183. The summed E-state index contributed by atoms with van der Waals surface area (Å²) in [5.74, 6) is 2.00. The van der Waals surface area contributed by atoms with Gasteiger partial charge >= 0.3 is 0 Å². The van der Waals surface area contributed by atoms with Gasteiger partial charge < -0.3 is 10.4 Å². The van der Waals surface area contributed by atoms with E-state index in [1.807, 2.05) is 0 Å². The van der Waals surface area contributed by atoms with Crippen LogP contribution in [0.2, 0.25) is 0 Å². The Morgan fingerprint density at radius 2 is 1.93 bits per heavy atom. The fourth-order valence-corrected chi connectivity index (χ4v) is 2.42. The molecule has 1 fully saturated rings. The lowest BCUT2D eigenvalue weighted by atomic mass is 9.79. The first-order valence-corrected chi connectivity index (χ1v) is 6.41. The first-order valence-electron chi connectivity index (χ1n) is 6.41. The molecule has 0 spiro atoms. The van der Waals surface area contributed by atoms with Crippen LogP contribution >= 0.6 is 0 Å². The van der Waals surface area contributed by atoms with Crippen LogP contribution < -0.4 is 5.32 Å². The maximum absolute atomic E-state index is 9.11. The third-order valence-corrected chi connectivity index (χ3v) is 4.08. The monoisotopic (exact) mass is 213 g/mol. The van der Waals surface area contributed by atoms with Gasteiger partial charge in [0.15, 0.2) is 0 Å². The lowest BCUT2D eigenvalue weighted by Gasteiger charge is -2.36. The van der Waals surface area contributed by atoms with Crippen LogP contribution in [0.1, 0.15) is 47.0 Å². The summed E-state index contributed by atoms with van der Waals surface area (Å²) >= 11 is 0. The van der Waals surface area contributed by atoms with Gasteiger partial charge in [0.1, 0.15) is 0 Å². The van der Waals surface area contributed by atoms with Crippen molar-refractivity contribution >= 4 is 0 Å². The Kier molecular flexibility index (Phi) is 5.07. The van der Waals surface area contributed by atoms with Crippen LogP contribution in [0.4, 0.5) is 0 Å². The molecule has 1 saturated carbocycles. The lowest BCUT2D eigenvalue weighted by molar-refractivity contribution is 0.166. The number of rotatable bonds is 4. The largest absolute Gasteiger partial charge is 0.396 e. The lowest BCUT2D eigenvalue weighted by Crippen LogP contribution is -2.46. The Labute approximate surface area is 94.5 Å². The Hall–Kier alpha value is -0.0800. The molecule has 2 N–H and O–H groups in total. The minimum absolute atomic E-state index is 0.283. The number of aliphatic hydroxyl groups is 1. The van der Waals surface area contributed by atoms with E-state index in [0.29, 0.717) is 18.0 Å². The van der Waals surface area contributed by atoms with Crippen molar-refractivity contribution in [2.24, 2.45) is 17.8 Å². The highest BCUT2D eigenvalue weighted by molar-refractivity contribution is 4.84. The van der Waals surface area contributed by atoms with Gasteiger partial charge in [0.2, 0.25) is 0 Å². The van der Waals surface area contributed by atoms with Crippen molar-refractivity contribution in [2.75, 3.05) is 6.61 Å². The summed E-state index contributed by atoms with van der Waals surface area (Å²) in [5.41, 5.74) is 0. The fraction of sp³-hybridized carbons (Fsp3) is 1.00. The van der Waals surface area contributed by atoms with E-state index >= 15 is 0 Å². The molecule has 0 aromatic heterocycles. The van der Waals surface area contributed by atoms with E-state index in [-0.39, 0.29) is 6.61 Å². The first kappa shape index (κ1) is 13.0. The van der Waals surface area contributed by atoms with Gasteiger partial charge in [-0.05, 0) is 37.5 Å². The van der Waals surface area contributed by atoms with Gasteiger partial charge in [-0.1, -0.05) is 27.2 Å². The second-order valence-electron chi connectivity index (χ2n) is 5.62. The highest BCUT2D eigenvalue weighted by atomic mass is 16.3. The Morgan fingerprint density at radius 3 is 2.53 bits per heavy atom. The number of hydrogen-bond acceptors (Lipinski definition) is 2. The van der Waals surface area contributed by atoms with Crippen molar-refractivity contribution in [3.8, 4) is 0 Å². The van der Waals surface area contributed by atoms with Gasteiger partial charge in [0.25, 0.3) is 0 Å². The predicted molar refractivity (Wildman–Crippen MR) is 64.8 cm³/mol. The molecule has 0 saturated heterocycles. The van der Waals surface area contributed by atoms with E-state index in [1.165, 1.54) is 19.3 Å². The number of nitrogens with one attached hydrogen (secondary N) is 1. The molecule has 1 aliphatic rings. The number of hydrogen-bond donors (Lipinski definition) is 2. The summed E-state index contributed by atoms with van der Waals surface area (Å²) in [6.45, 7) is 9.27. The van der Waals surface area contributed by atoms with Crippen molar-refractivity contribution < 1.29 is 5.11 Å². The Balaban J connectivity index is 2.41. The highest BCUT2D eigenvalue weighted by Gasteiger charge is 2.27. The van der Waals surface area contributed by atoms with Crippen molar-refractivity contribution in [3.05, 3.63) is 0 Å². The third kappa shape index (κ3) is 3.76. The van der Waals surface area contributed by atoms with Crippen LogP contribution in [0.15, 0.2) is 0 Å². The molecule has 1 rings (SSSR count). The topological polar surface area (TPSA) is 32.3 Å². The van der Waals surface area contributed by atoms with Gasteiger partial charge in [0.05, 0.1) is 0 Å². The molecule has 15 heavy (non-hydrogen) atoms. The van der Waals surface area contributed by atoms with E-state index in [4.69, 9.17) is 5.11 Å². The predicted octanol–water partition coefficient (Wildman–Crippen LogP) is 2.42. The van der Waals surface area contributed by atoms with E-state index in [9.17, 15) is 0 Å². The van der Waals surface area contributed by atoms with Crippen LogP contribution in [0.5, 0.6) is 0 Å². The molecular formula is C13H27NO.